The first-order valence-corrected chi connectivity index (χ1v) is 11.4. The van der Waals surface area contributed by atoms with Gasteiger partial charge < -0.3 is 10.2 Å². The van der Waals surface area contributed by atoms with Gasteiger partial charge in [0.25, 0.3) is 0 Å². The van der Waals surface area contributed by atoms with E-state index >= 15 is 0 Å². The molecule has 0 aliphatic carbocycles. The number of carbonyl (C=O) groups is 1. The standard InChI is InChI=1S/C19H27BF3N3O3S/c1-13(2)30(28,29)24-5-8-26-6-3-14(4-7-26)9-18(27)25-17-11-15(19(21,22)23)10-16(20)12-17/h10-14,24H,3-9H2,1-2H3,(H,25,27). The zero-order chi connectivity index (χ0) is 22.5. The molecule has 1 aliphatic heterocycles. The van der Waals surface area contributed by atoms with Crippen LogP contribution in [0, 0.1) is 5.92 Å². The van der Waals surface area contributed by atoms with E-state index in [0.717, 1.165) is 38.1 Å². The molecule has 2 rings (SSSR count). The summed E-state index contributed by atoms with van der Waals surface area (Å²) >= 11 is 0. The van der Waals surface area contributed by atoms with E-state index in [-0.39, 0.29) is 29.4 Å². The Morgan fingerprint density at radius 2 is 1.87 bits per heavy atom. The molecule has 1 saturated heterocycles. The fraction of sp³-hybridized carbons (Fsp3) is 0.632. The smallest absolute Gasteiger partial charge is 0.326 e. The van der Waals surface area contributed by atoms with Gasteiger partial charge in [-0.15, -0.1) is 0 Å². The maximum absolute atomic E-state index is 12.9. The van der Waals surface area contributed by atoms with Crippen LogP contribution in [0.2, 0.25) is 0 Å². The summed E-state index contributed by atoms with van der Waals surface area (Å²) in [6.45, 7) is 5.63. The predicted molar refractivity (Wildman–Crippen MR) is 111 cm³/mol. The van der Waals surface area contributed by atoms with E-state index in [4.69, 9.17) is 7.85 Å². The SMILES string of the molecule is [B]c1cc(NC(=O)CC2CCN(CCNS(=O)(=O)C(C)C)CC2)cc(C(F)(F)F)c1. The molecule has 0 unspecified atom stereocenters. The van der Waals surface area contributed by atoms with Gasteiger partial charge in [0.2, 0.25) is 15.9 Å². The average molecular weight is 445 g/mol. The minimum atomic E-state index is -4.54. The van der Waals surface area contributed by atoms with Crippen LogP contribution >= 0.6 is 0 Å². The number of likely N-dealkylation sites (tertiary alicyclic amines) is 1. The summed E-state index contributed by atoms with van der Waals surface area (Å²) in [5.74, 6) is -0.228. The van der Waals surface area contributed by atoms with Crippen LogP contribution in [0.4, 0.5) is 18.9 Å². The van der Waals surface area contributed by atoms with Gasteiger partial charge in [0.1, 0.15) is 7.85 Å². The summed E-state index contributed by atoms with van der Waals surface area (Å²) in [7, 11) is 2.24. The topological polar surface area (TPSA) is 78.5 Å². The monoisotopic (exact) mass is 445 g/mol. The lowest BCUT2D eigenvalue weighted by Gasteiger charge is -2.31. The Morgan fingerprint density at radius 1 is 1.23 bits per heavy atom. The van der Waals surface area contributed by atoms with Crippen molar-refractivity contribution in [2.75, 3.05) is 31.5 Å². The van der Waals surface area contributed by atoms with Gasteiger partial charge in [0.05, 0.1) is 10.8 Å². The second-order valence-electron chi connectivity index (χ2n) is 7.87. The van der Waals surface area contributed by atoms with Crippen LogP contribution in [-0.4, -0.2) is 58.5 Å². The van der Waals surface area contributed by atoms with Gasteiger partial charge in [-0.25, -0.2) is 13.1 Å². The van der Waals surface area contributed by atoms with E-state index in [2.05, 4.69) is 14.9 Å². The molecule has 0 bridgehead atoms. The maximum atomic E-state index is 12.9. The molecule has 2 radical (unpaired) electrons. The van der Waals surface area contributed by atoms with Crippen LogP contribution in [0.15, 0.2) is 18.2 Å². The molecule has 11 heteroatoms. The van der Waals surface area contributed by atoms with Gasteiger partial charge in [-0.3, -0.25) is 4.79 Å². The predicted octanol–water partition coefficient (Wildman–Crippen LogP) is 1.87. The van der Waals surface area contributed by atoms with Gasteiger partial charge in [0.15, 0.2) is 0 Å². The number of hydrogen-bond donors (Lipinski definition) is 2. The van der Waals surface area contributed by atoms with Gasteiger partial charge in [0, 0.05) is 25.2 Å². The Bertz CT molecular complexity index is 839. The molecule has 0 atom stereocenters. The van der Waals surface area contributed by atoms with E-state index in [0.29, 0.717) is 13.1 Å². The van der Waals surface area contributed by atoms with Crippen molar-refractivity contribution >= 4 is 34.9 Å². The lowest BCUT2D eigenvalue weighted by Crippen LogP contribution is -2.41. The number of halogens is 3. The van der Waals surface area contributed by atoms with Gasteiger partial charge >= 0.3 is 6.18 Å². The number of alkyl halides is 3. The Kier molecular flexibility index (Phi) is 8.35. The van der Waals surface area contributed by atoms with Crippen LogP contribution in [0.25, 0.3) is 0 Å². The zero-order valence-corrected chi connectivity index (χ0v) is 17.9. The van der Waals surface area contributed by atoms with E-state index in [1.165, 1.54) is 6.07 Å². The Morgan fingerprint density at radius 3 is 2.43 bits per heavy atom. The number of anilines is 1. The van der Waals surface area contributed by atoms with Gasteiger partial charge in [-0.05, 0) is 57.8 Å². The quantitative estimate of drug-likeness (QED) is 0.599. The van der Waals surface area contributed by atoms with Gasteiger partial charge in [-0.2, -0.15) is 13.2 Å². The first kappa shape index (κ1) is 24.7. The van der Waals surface area contributed by atoms with Crippen LogP contribution in [-0.2, 0) is 21.0 Å². The molecule has 1 aromatic rings. The molecule has 0 aromatic heterocycles. The number of nitrogens with one attached hydrogen (secondary N) is 2. The van der Waals surface area contributed by atoms with Crippen molar-refractivity contribution in [1.82, 2.24) is 9.62 Å². The normalized spacial score (nSPS) is 16.7. The molecule has 1 heterocycles. The number of amides is 1. The van der Waals surface area contributed by atoms with E-state index in [1.54, 1.807) is 13.8 Å². The summed E-state index contributed by atoms with van der Waals surface area (Å²) in [6.07, 6.45) is -2.81. The van der Waals surface area contributed by atoms with Crippen molar-refractivity contribution in [3.8, 4) is 0 Å². The maximum Gasteiger partial charge on any atom is 0.416 e. The minimum Gasteiger partial charge on any atom is -0.326 e. The lowest BCUT2D eigenvalue weighted by atomic mass is 9.92. The Hall–Kier alpha value is -1.59. The first-order valence-electron chi connectivity index (χ1n) is 9.85. The molecular weight excluding hydrogens is 418 g/mol. The van der Waals surface area contributed by atoms with Gasteiger partial charge in [-0.1, -0.05) is 11.5 Å². The highest BCUT2D eigenvalue weighted by Crippen LogP contribution is 2.30. The number of hydrogen-bond acceptors (Lipinski definition) is 4. The van der Waals surface area contributed by atoms with Crippen molar-refractivity contribution < 1.29 is 26.4 Å². The molecule has 1 amide bonds. The van der Waals surface area contributed by atoms with Crippen LogP contribution < -0.4 is 15.5 Å². The third kappa shape index (κ3) is 7.59. The molecule has 166 valence electrons. The summed E-state index contributed by atoms with van der Waals surface area (Å²) in [5, 5.41) is 2.03. The van der Waals surface area contributed by atoms with E-state index < -0.39 is 27.0 Å². The molecule has 0 saturated carbocycles. The molecule has 1 aliphatic rings. The van der Waals surface area contributed by atoms with Crippen LogP contribution in [0.1, 0.15) is 38.7 Å². The number of carbonyl (C=O) groups excluding carboxylic acids is 1. The van der Waals surface area contributed by atoms with Crippen molar-refractivity contribution in [2.24, 2.45) is 5.92 Å². The Balaban J connectivity index is 1.78. The zero-order valence-electron chi connectivity index (χ0n) is 17.1. The average Bonchev–Trinajstić information content (AvgIpc) is 2.61. The second kappa shape index (κ2) is 10.1. The highest BCUT2D eigenvalue weighted by atomic mass is 32.2. The molecule has 30 heavy (non-hydrogen) atoms. The number of sulfonamides is 1. The molecule has 1 aromatic carbocycles. The van der Waals surface area contributed by atoms with Crippen molar-refractivity contribution in [3.05, 3.63) is 23.8 Å². The number of benzene rings is 1. The molecular formula is C19H27BF3N3O3S. The third-order valence-electron chi connectivity index (χ3n) is 5.10. The highest BCUT2D eigenvalue weighted by molar-refractivity contribution is 7.90. The highest BCUT2D eigenvalue weighted by Gasteiger charge is 2.31. The van der Waals surface area contributed by atoms with Crippen LogP contribution in [0.5, 0.6) is 0 Å². The summed E-state index contributed by atoms with van der Waals surface area (Å²) < 4.78 is 64.7. The Labute approximate surface area is 177 Å². The molecule has 2 N–H and O–H groups in total. The lowest BCUT2D eigenvalue weighted by molar-refractivity contribution is -0.137. The molecule has 1 fully saturated rings. The van der Waals surface area contributed by atoms with Crippen molar-refractivity contribution in [3.63, 3.8) is 0 Å². The van der Waals surface area contributed by atoms with Crippen molar-refractivity contribution in [1.29, 1.82) is 0 Å². The second-order valence-corrected chi connectivity index (χ2v) is 10.2. The van der Waals surface area contributed by atoms with E-state index in [9.17, 15) is 26.4 Å². The number of piperidine rings is 1. The largest absolute Gasteiger partial charge is 0.416 e. The summed E-state index contributed by atoms with van der Waals surface area (Å²) in [4.78, 5) is 14.4. The third-order valence-corrected chi connectivity index (χ3v) is 6.95. The molecule has 0 spiro atoms. The summed E-state index contributed by atoms with van der Waals surface area (Å²) in [5.41, 5.74) is -0.942. The summed E-state index contributed by atoms with van der Waals surface area (Å²) in [6, 6.07) is 3.00. The number of rotatable bonds is 8. The first-order chi connectivity index (χ1) is 13.9. The number of nitrogens with zero attached hydrogens (tertiary/aromatic N) is 1. The minimum absolute atomic E-state index is 0.0298. The van der Waals surface area contributed by atoms with Crippen LogP contribution in [0.3, 0.4) is 0 Å². The fourth-order valence-electron chi connectivity index (χ4n) is 3.29. The molecule has 6 nitrogen and oxygen atoms in total. The van der Waals surface area contributed by atoms with E-state index in [1.807, 2.05) is 0 Å². The fourth-order valence-corrected chi connectivity index (χ4v) is 4.00. The van der Waals surface area contributed by atoms with Crippen molar-refractivity contribution in [2.45, 2.75) is 44.5 Å².